The highest BCUT2D eigenvalue weighted by molar-refractivity contribution is 5.49. The van der Waals surface area contributed by atoms with Gasteiger partial charge in [0.25, 0.3) is 0 Å². The summed E-state index contributed by atoms with van der Waals surface area (Å²) in [5, 5.41) is 6.91. The number of aryl methyl sites for hydroxylation is 1. The quantitative estimate of drug-likeness (QED) is 0.776. The van der Waals surface area contributed by atoms with Crippen molar-refractivity contribution in [3.8, 4) is 0 Å². The van der Waals surface area contributed by atoms with Crippen LogP contribution in [0.5, 0.6) is 0 Å². The Morgan fingerprint density at radius 1 is 1.12 bits per heavy atom. The number of anilines is 1. The van der Waals surface area contributed by atoms with Gasteiger partial charge < -0.3 is 10.6 Å². The van der Waals surface area contributed by atoms with Crippen LogP contribution in [0.25, 0.3) is 0 Å². The van der Waals surface area contributed by atoms with Crippen LogP contribution in [0.15, 0.2) is 0 Å². The van der Waals surface area contributed by atoms with E-state index in [1.54, 1.807) is 0 Å². The third kappa shape index (κ3) is 3.16. The Bertz CT molecular complexity index is 407. The summed E-state index contributed by atoms with van der Waals surface area (Å²) in [6, 6.07) is 0. The molecule has 2 heterocycles. The zero-order valence-corrected chi connectivity index (χ0v) is 11.2. The number of hydrogen-bond acceptors (Lipinski definition) is 4. The molecule has 0 bridgehead atoms. The van der Waals surface area contributed by atoms with E-state index in [9.17, 15) is 0 Å². The monoisotopic (exact) mass is 234 g/mol. The van der Waals surface area contributed by atoms with Crippen molar-refractivity contribution in [2.45, 2.75) is 46.1 Å². The minimum absolute atomic E-state index is 0.0360. The molecule has 1 aliphatic rings. The van der Waals surface area contributed by atoms with Gasteiger partial charge in [0.15, 0.2) is 0 Å². The maximum absolute atomic E-state index is 4.57. The highest BCUT2D eigenvalue weighted by atomic mass is 15.1. The number of aromatic nitrogens is 2. The number of nitrogens with zero attached hydrogens (tertiary/aromatic N) is 2. The molecule has 0 saturated heterocycles. The van der Waals surface area contributed by atoms with Crippen LogP contribution in [-0.4, -0.2) is 28.6 Å². The van der Waals surface area contributed by atoms with Crippen LogP contribution in [-0.2, 0) is 12.8 Å². The van der Waals surface area contributed by atoms with Crippen molar-refractivity contribution >= 4 is 5.82 Å². The Balaban J connectivity index is 2.40. The van der Waals surface area contributed by atoms with Gasteiger partial charge in [-0.1, -0.05) is 0 Å². The second-order valence-corrected chi connectivity index (χ2v) is 5.67. The molecule has 1 aromatic heterocycles. The molecule has 2 N–H and O–H groups in total. The number of hydrogen-bond donors (Lipinski definition) is 2. The first-order valence-corrected chi connectivity index (χ1v) is 6.31. The second kappa shape index (κ2) is 4.61. The fourth-order valence-corrected chi connectivity index (χ4v) is 2.13. The molecule has 4 nitrogen and oxygen atoms in total. The Hall–Kier alpha value is -1.16. The van der Waals surface area contributed by atoms with Crippen molar-refractivity contribution in [2.75, 3.05) is 18.4 Å². The molecule has 1 aliphatic heterocycles. The molecule has 17 heavy (non-hydrogen) atoms. The summed E-state index contributed by atoms with van der Waals surface area (Å²) >= 11 is 0. The molecular formula is C13H22N4. The highest BCUT2D eigenvalue weighted by Gasteiger charge is 2.19. The lowest BCUT2D eigenvalue weighted by atomic mass is 10.1. The third-order valence-electron chi connectivity index (χ3n) is 2.79. The smallest absolute Gasteiger partial charge is 0.133 e. The van der Waals surface area contributed by atoms with E-state index < -0.39 is 0 Å². The van der Waals surface area contributed by atoms with Crippen molar-refractivity contribution < 1.29 is 0 Å². The predicted octanol–water partition coefficient (Wildman–Crippen LogP) is 1.68. The van der Waals surface area contributed by atoms with Gasteiger partial charge in [0.2, 0.25) is 0 Å². The predicted molar refractivity (Wildman–Crippen MR) is 70.4 cm³/mol. The van der Waals surface area contributed by atoms with Crippen molar-refractivity contribution in [3.63, 3.8) is 0 Å². The van der Waals surface area contributed by atoms with E-state index in [1.807, 2.05) is 6.92 Å². The van der Waals surface area contributed by atoms with Crippen LogP contribution in [0.4, 0.5) is 5.82 Å². The van der Waals surface area contributed by atoms with Crippen LogP contribution < -0.4 is 10.6 Å². The largest absolute Gasteiger partial charge is 0.365 e. The summed E-state index contributed by atoms with van der Waals surface area (Å²) in [6.07, 6.45) is 2.01. The molecule has 0 fully saturated rings. The van der Waals surface area contributed by atoms with E-state index >= 15 is 0 Å². The molecule has 0 spiro atoms. The minimum Gasteiger partial charge on any atom is -0.365 e. The van der Waals surface area contributed by atoms with Gasteiger partial charge >= 0.3 is 0 Å². The van der Waals surface area contributed by atoms with E-state index in [1.165, 1.54) is 11.3 Å². The molecule has 4 heteroatoms. The second-order valence-electron chi connectivity index (χ2n) is 5.67. The summed E-state index contributed by atoms with van der Waals surface area (Å²) in [7, 11) is 0. The van der Waals surface area contributed by atoms with Crippen LogP contribution >= 0.6 is 0 Å². The van der Waals surface area contributed by atoms with Crippen LogP contribution in [0, 0.1) is 6.92 Å². The first-order valence-electron chi connectivity index (χ1n) is 6.31. The summed E-state index contributed by atoms with van der Waals surface area (Å²) in [4.78, 5) is 9.14. The summed E-state index contributed by atoms with van der Waals surface area (Å²) in [5.74, 6) is 1.88. The minimum atomic E-state index is 0.0360. The Kier molecular flexibility index (Phi) is 3.33. The fourth-order valence-electron chi connectivity index (χ4n) is 2.13. The lowest BCUT2D eigenvalue weighted by molar-refractivity contribution is 0.626. The molecule has 0 unspecified atom stereocenters. The third-order valence-corrected chi connectivity index (χ3v) is 2.79. The first-order chi connectivity index (χ1) is 7.96. The molecule has 0 aliphatic carbocycles. The van der Waals surface area contributed by atoms with Gasteiger partial charge in [0, 0.05) is 24.1 Å². The Labute approximate surface area is 103 Å². The van der Waals surface area contributed by atoms with E-state index in [-0.39, 0.29) is 5.54 Å². The van der Waals surface area contributed by atoms with Crippen LogP contribution in [0.2, 0.25) is 0 Å². The molecule has 0 radical (unpaired) electrons. The molecule has 0 saturated carbocycles. The van der Waals surface area contributed by atoms with Crippen molar-refractivity contribution in [1.82, 2.24) is 15.3 Å². The lowest BCUT2D eigenvalue weighted by Gasteiger charge is -2.24. The average molecular weight is 234 g/mol. The van der Waals surface area contributed by atoms with Crippen molar-refractivity contribution in [1.29, 1.82) is 0 Å². The molecule has 0 amide bonds. The van der Waals surface area contributed by atoms with Gasteiger partial charge in [-0.3, -0.25) is 0 Å². The zero-order chi connectivity index (χ0) is 12.5. The highest BCUT2D eigenvalue weighted by Crippen LogP contribution is 2.22. The van der Waals surface area contributed by atoms with E-state index in [0.717, 1.165) is 37.6 Å². The lowest BCUT2D eigenvalue weighted by Crippen LogP contribution is -2.28. The van der Waals surface area contributed by atoms with Gasteiger partial charge in [0.05, 0.1) is 5.69 Å². The molecule has 0 aromatic carbocycles. The average Bonchev–Trinajstić information content (AvgIpc) is 2.39. The zero-order valence-electron chi connectivity index (χ0n) is 11.2. The van der Waals surface area contributed by atoms with E-state index in [4.69, 9.17) is 0 Å². The van der Waals surface area contributed by atoms with Gasteiger partial charge in [-0.15, -0.1) is 0 Å². The molecule has 0 atom stereocenters. The van der Waals surface area contributed by atoms with Gasteiger partial charge in [0.1, 0.15) is 11.6 Å². The van der Waals surface area contributed by atoms with Crippen LogP contribution in [0.3, 0.4) is 0 Å². The summed E-state index contributed by atoms with van der Waals surface area (Å²) < 4.78 is 0. The summed E-state index contributed by atoms with van der Waals surface area (Å²) in [5.41, 5.74) is 2.53. The molecular weight excluding hydrogens is 212 g/mol. The topological polar surface area (TPSA) is 49.8 Å². The maximum atomic E-state index is 4.57. The van der Waals surface area contributed by atoms with Crippen molar-refractivity contribution in [2.24, 2.45) is 0 Å². The number of rotatable bonds is 1. The summed E-state index contributed by atoms with van der Waals surface area (Å²) in [6.45, 7) is 10.5. The number of fused-ring (bicyclic) bond motifs is 1. The molecule has 1 aromatic rings. The van der Waals surface area contributed by atoms with Crippen molar-refractivity contribution in [3.05, 3.63) is 17.1 Å². The molecule has 2 rings (SSSR count). The maximum Gasteiger partial charge on any atom is 0.133 e. The van der Waals surface area contributed by atoms with Gasteiger partial charge in [-0.2, -0.15) is 0 Å². The Morgan fingerprint density at radius 3 is 2.53 bits per heavy atom. The van der Waals surface area contributed by atoms with Crippen LogP contribution in [0.1, 0.15) is 37.9 Å². The number of nitrogens with one attached hydrogen (secondary N) is 2. The van der Waals surface area contributed by atoms with E-state index in [0.29, 0.717) is 0 Å². The molecule has 94 valence electrons. The fraction of sp³-hybridized carbons (Fsp3) is 0.692. The Morgan fingerprint density at radius 2 is 1.82 bits per heavy atom. The standard InChI is InChI=1S/C13H22N4/c1-9-15-11-6-8-14-7-5-10(11)12(16-9)17-13(2,3)4/h14H,5-8H2,1-4H3,(H,15,16,17). The van der Waals surface area contributed by atoms with E-state index in [2.05, 4.69) is 41.4 Å². The SMILES string of the molecule is Cc1nc2c(c(NC(C)(C)C)n1)CCNCC2. The van der Waals surface area contributed by atoms with Gasteiger partial charge in [-0.05, 0) is 40.7 Å². The van der Waals surface area contributed by atoms with Gasteiger partial charge in [-0.25, -0.2) is 9.97 Å². The normalized spacial score (nSPS) is 16.2. The first kappa shape index (κ1) is 12.3.